The van der Waals surface area contributed by atoms with Crippen molar-refractivity contribution in [3.05, 3.63) is 28.6 Å². The molecule has 0 bridgehead atoms. The van der Waals surface area contributed by atoms with Crippen LogP contribution < -0.4 is 5.32 Å². The van der Waals surface area contributed by atoms with Gasteiger partial charge in [-0.05, 0) is 38.6 Å². The fraction of sp³-hybridized carbons (Fsp3) is 0.588. The normalized spacial score (nSPS) is 22.7. The van der Waals surface area contributed by atoms with Crippen LogP contribution in [0.1, 0.15) is 45.9 Å². The number of thiophene rings is 1. The van der Waals surface area contributed by atoms with Crippen LogP contribution in [0.25, 0.3) is 0 Å². The van der Waals surface area contributed by atoms with Gasteiger partial charge in [-0.1, -0.05) is 19.9 Å². The van der Waals surface area contributed by atoms with Crippen LogP contribution in [-0.2, 0) is 10.2 Å². The summed E-state index contributed by atoms with van der Waals surface area (Å²) in [4.78, 5) is 15.1. The summed E-state index contributed by atoms with van der Waals surface area (Å²) in [5.74, 6) is 0. The van der Waals surface area contributed by atoms with E-state index in [9.17, 15) is 4.79 Å². The topological polar surface area (TPSA) is 41.6 Å². The maximum absolute atomic E-state index is 12.1. The first-order chi connectivity index (χ1) is 10.4. The lowest BCUT2D eigenvalue weighted by molar-refractivity contribution is 0.0317. The summed E-state index contributed by atoms with van der Waals surface area (Å²) >= 11 is 1.79. The van der Waals surface area contributed by atoms with E-state index in [-0.39, 0.29) is 11.5 Å². The monoisotopic (exact) mass is 322 g/mol. The highest BCUT2D eigenvalue weighted by Crippen LogP contribution is 2.45. The van der Waals surface area contributed by atoms with Gasteiger partial charge in [0.2, 0.25) is 0 Å². The second-order valence-corrected chi connectivity index (χ2v) is 7.33. The van der Waals surface area contributed by atoms with E-state index in [2.05, 4.69) is 22.8 Å². The molecule has 2 aliphatic heterocycles. The number of carbonyl (C=O) groups excluding carboxylic acids is 1. The quantitative estimate of drug-likeness (QED) is 0.759. The van der Waals surface area contributed by atoms with Gasteiger partial charge < -0.3 is 10.1 Å². The summed E-state index contributed by atoms with van der Waals surface area (Å²) < 4.78 is 5.41. The average molecular weight is 322 g/mol. The first kappa shape index (κ1) is 16.9. The van der Waals surface area contributed by atoms with E-state index in [0.717, 1.165) is 13.0 Å². The molecule has 1 N–H and O–H groups in total. The van der Waals surface area contributed by atoms with Crippen LogP contribution in [0.4, 0.5) is 10.5 Å². The van der Waals surface area contributed by atoms with Crippen molar-refractivity contribution in [3.8, 4) is 0 Å². The van der Waals surface area contributed by atoms with Crippen LogP contribution in [0.3, 0.4) is 0 Å². The Morgan fingerprint density at radius 1 is 1.41 bits per heavy atom. The van der Waals surface area contributed by atoms with Crippen molar-refractivity contribution in [2.75, 3.05) is 18.4 Å². The summed E-state index contributed by atoms with van der Waals surface area (Å²) in [5.41, 5.74) is 0.850. The molecule has 1 aromatic heterocycles. The number of amides is 1. The Balaban J connectivity index is 0.000000847. The van der Waals surface area contributed by atoms with Crippen LogP contribution in [-0.4, -0.2) is 29.7 Å². The van der Waals surface area contributed by atoms with E-state index in [0.29, 0.717) is 6.54 Å². The van der Waals surface area contributed by atoms with Crippen LogP contribution in [0.15, 0.2) is 23.7 Å². The third kappa shape index (κ3) is 3.29. The summed E-state index contributed by atoms with van der Waals surface area (Å²) in [6, 6.07) is 2.13. The zero-order chi connectivity index (χ0) is 16.4. The number of hydrogen-bond acceptors (Lipinski definition) is 4. The predicted molar refractivity (Wildman–Crippen MR) is 92.5 cm³/mol. The van der Waals surface area contributed by atoms with E-state index in [1.165, 1.54) is 10.6 Å². The van der Waals surface area contributed by atoms with Gasteiger partial charge in [-0.15, -0.1) is 11.3 Å². The molecule has 122 valence electrons. The van der Waals surface area contributed by atoms with Crippen molar-refractivity contribution in [3.63, 3.8) is 0 Å². The molecule has 0 aliphatic carbocycles. The number of carbonyl (C=O) groups is 1. The Morgan fingerprint density at radius 3 is 2.73 bits per heavy atom. The van der Waals surface area contributed by atoms with Crippen LogP contribution >= 0.6 is 11.3 Å². The van der Waals surface area contributed by atoms with Gasteiger partial charge in [0.1, 0.15) is 5.60 Å². The second kappa shape index (κ2) is 6.32. The summed E-state index contributed by atoms with van der Waals surface area (Å²) in [7, 11) is 0. The third-order valence-electron chi connectivity index (χ3n) is 3.71. The molecule has 0 radical (unpaired) electrons. The Hall–Kier alpha value is -1.49. The van der Waals surface area contributed by atoms with Gasteiger partial charge >= 0.3 is 6.09 Å². The molecule has 2 aliphatic rings. The van der Waals surface area contributed by atoms with Gasteiger partial charge in [-0.2, -0.15) is 0 Å². The van der Waals surface area contributed by atoms with E-state index in [1.54, 1.807) is 16.2 Å². The fourth-order valence-corrected chi connectivity index (χ4v) is 3.77. The van der Waals surface area contributed by atoms with Gasteiger partial charge in [-0.25, -0.2) is 4.79 Å². The maximum atomic E-state index is 12.1. The Labute approximate surface area is 137 Å². The third-order valence-corrected chi connectivity index (χ3v) is 4.85. The second-order valence-electron chi connectivity index (χ2n) is 6.41. The van der Waals surface area contributed by atoms with Crippen molar-refractivity contribution >= 4 is 23.1 Å². The summed E-state index contributed by atoms with van der Waals surface area (Å²) in [6.07, 6.45) is 4.70. The molecule has 1 spiro atoms. The zero-order valence-electron chi connectivity index (χ0n) is 14.1. The lowest BCUT2D eigenvalue weighted by Gasteiger charge is -2.34. The molecule has 0 saturated heterocycles. The SMILES string of the molecule is CC.CC(C)(C)OC(=O)N1C=CC2(CC1)CNc1ccsc12. The molecule has 3 heterocycles. The number of nitrogens with zero attached hydrogens (tertiary/aromatic N) is 1. The first-order valence-corrected chi connectivity index (χ1v) is 8.78. The van der Waals surface area contributed by atoms with Gasteiger partial charge in [0.05, 0.1) is 0 Å². The van der Waals surface area contributed by atoms with Crippen molar-refractivity contribution in [1.29, 1.82) is 0 Å². The molecule has 1 aromatic rings. The van der Waals surface area contributed by atoms with Crippen molar-refractivity contribution in [2.24, 2.45) is 0 Å². The minimum atomic E-state index is -0.449. The number of nitrogens with one attached hydrogen (secondary N) is 1. The minimum absolute atomic E-state index is 0.0576. The van der Waals surface area contributed by atoms with Gasteiger partial charge in [-0.3, -0.25) is 4.90 Å². The molecule has 22 heavy (non-hydrogen) atoms. The summed E-state index contributed by atoms with van der Waals surface area (Å²) in [5, 5.41) is 5.57. The Kier molecular flexibility index (Phi) is 4.85. The molecule has 4 nitrogen and oxygen atoms in total. The molecule has 1 amide bonds. The van der Waals surface area contributed by atoms with E-state index in [1.807, 2.05) is 40.8 Å². The van der Waals surface area contributed by atoms with Crippen molar-refractivity contribution in [2.45, 2.75) is 52.1 Å². The van der Waals surface area contributed by atoms with E-state index >= 15 is 0 Å². The number of anilines is 1. The van der Waals surface area contributed by atoms with E-state index < -0.39 is 5.60 Å². The maximum Gasteiger partial charge on any atom is 0.414 e. The lowest BCUT2D eigenvalue weighted by Crippen LogP contribution is -2.41. The highest BCUT2D eigenvalue weighted by Gasteiger charge is 2.40. The van der Waals surface area contributed by atoms with Crippen molar-refractivity contribution < 1.29 is 9.53 Å². The average Bonchev–Trinajstić information content (AvgIpc) is 3.05. The highest BCUT2D eigenvalue weighted by molar-refractivity contribution is 7.10. The number of rotatable bonds is 0. The van der Waals surface area contributed by atoms with Crippen molar-refractivity contribution in [1.82, 2.24) is 4.90 Å². The molecule has 3 rings (SSSR count). The van der Waals surface area contributed by atoms with Crippen LogP contribution in [0.2, 0.25) is 0 Å². The molecule has 0 aromatic carbocycles. The smallest absolute Gasteiger partial charge is 0.414 e. The number of fused-ring (bicyclic) bond motifs is 2. The Morgan fingerprint density at radius 2 is 2.14 bits per heavy atom. The largest absolute Gasteiger partial charge is 0.443 e. The minimum Gasteiger partial charge on any atom is -0.443 e. The molecule has 1 unspecified atom stereocenters. The fourth-order valence-electron chi connectivity index (χ4n) is 2.69. The predicted octanol–water partition coefficient (Wildman–Crippen LogP) is 4.59. The number of hydrogen-bond donors (Lipinski definition) is 1. The summed E-state index contributed by atoms with van der Waals surface area (Å²) in [6.45, 7) is 11.3. The molecular formula is C17H26N2O2S. The van der Waals surface area contributed by atoms with Crippen LogP contribution in [0.5, 0.6) is 0 Å². The highest BCUT2D eigenvalue weighted by atomic mass is 32.1. The zero-order valence-corrected chi connectivity index (χ0v) is 14.9. The standard InChI is InChI=1S/C15H20N2O2S.C2H6/c1-14(2,3)19-13(18)17-7-5-15(6-8-17)10-16-11-4-9-20-12(11)15;1-2/h4-5,7,9,16H,6,8,10H2,1-3H3;1-2H3. The molecule has 0 fully saturated rings. The molecule has 0 saturated carbocycles. The molecule has 5 heteroatoms. The van der Waals surface area contributed by atoms with Gasteiger partial charge in [0.15, 0.2) is 0 Å². The molecule has 1 atom stereocenters. The number of ether oxygens (including phenoxy) is 1. The van der Waals surface area contributed by atoms with E-state index in [4.69, 9.17) is 4.74 Å². The van der Waals surface area contributed by atoms with Gasteiger partial charge in [0, 0.05) is 35.3 Å². The van der Waals surface area contributed by atoms with Gasteiger partial charge in [0.25, 0.3) is 0 Å². The first-order valence-electron chi connectivity index (χ1n) is 7.90. The lowest BCUT2D eigenvalue weighted by atomic mass is 9.82. The Bertz CT molecular complexity index is 559. The molecular weight excluding hydrogens is 296 g/mol. The van der Waals surface area contributed by atoms with Crippen LogP contribution in [0, 0.1) is 0 Å².